The molecule has 25 heavy (non-hydrogen) atoms. The zero-order chi connectivity index (χ0) is 18.4. The van der Waals surface area contributed by atoms with E-state index < -0.39 is 0 Å². The Morgan fingerprint density at radius 3 is 2.40 bits per heavy atom. The number of carbonyl (C=O) groups excluding carboxylic acids is 2. The smallest absolute Gasteiger partial charge is 0.241 e. The highest BCUT2D eigenvalue weighted by molar-refractivity contribution is 6.30. The summed E-state index contributed by atoms with van der Waals surface area (Å²) in [6.45, 7) is 0.668. The number of halogens is 1. The number of rotatable bonds is 7. The molecule has 1 aromatic heterocycles. The fourth-order valence-electron chi connectivity index (χ4n) is 2.19. The molecular formula is C18H22ClN3O3. The van der Waals surface area contributed by atoms with Gasteiger partial charge in [-0.1, -0.05) is 11.6 Å². The van der Waals surface area contributed by atoms with E-state index in [0.717, 1.165) is 17.1 Å². The minimum absolute atomic E-state index is 0.00113. The van der Waals surface area contributed by atoms with Crippen LogP contribution in [0.1, 0.15) is 5.76 Å². The zero-order valence-corrected chi connectivity index (χ0v) is 15.3. The van der Waals surface area contributed by atoms with E-state index in [1.54, 1.807) is 14.1 Å². The summed E-state index contributed by atoms with van der Waals surface area (Å²) in [6.07, 6.45) is 0. The van der Waals surface area contributed by atoms with Gasteiger partial charge in [-0.15, -0.1) is 0 Å². The number of hydrogen-bond donors (Lipinski definition) is 1. The molecule has 0 fully saturated rings. The van der Waals surface area contributed by atoms with Gasteiger partial charge in [0, 0.05) is 24.7 Å². The van der Waals surface area contributed by atoms with Gasteiger partial charge in [-0.3, -0.25) is 14.5 Å². The van der Waals surface area contributed by atoms with Gasteiger partial charge in [-0.25, -0.2) is 0 Å². The van der Waals surface area contributed by atoms with E-state index in [-0.39, 0.29) is 24.9 Å². The van der Waals surface area contributed by atoms with Crippen LogP contribution in [0.25, 0.3) is 11.3 Å². The molecule has 0 radical (unpaired) electrons. The van der Waals surface area contributed by atoms with E-state index in [1.807, 2.05) is 48.3 Å². The lowest BCUT2D eigenvalue weighted by Crippen LogP contribution is -2.40. The summed E-state index contributed by atoms with van der Waals surface area (Å²) in [5, 5.41) is 3.28. The molecule has 2 amide bonds. The molecule has 2 rings (SSSR count). The van der Waals surface area contributed by atoms with Crippen molar-refractivity contribution in [1.82, 2.24) is 15.1 Å². The molecule has 0 atom stereocenters. The van der Waals surface area contributed by atoms with Gasteiger partial charge in [0.25, 0.3) is 0 Å². The van der Waals surface area contributed by atoms with Crippen molar-refractivity contribution in [3.05, 3.63) is 47.2 Å². The Morgan fingerprint density at radius 2 is 1.76 bits per heavy atom. The third-order valence-corrected chi connectivity index (χ3v) is 3.82. The standard InChI is InChI=1S/C18H22ClN3O3/c1-21(2)18(24)10-20-17(23)12-22(3)11-15-8-9-16(25-15)13-4-6-14(19)7-5-13/h4-9H,10-12H2,1-3H3,(H,20,23). The first-order valence-corrected chi connectivity index (χ1v) is 8.23. The second-order valence-corrected chi connectivity index (χ2v) is 6.45. The van der Waals surface area contributed by atoms with Crippen LogP contribution in [0.5, 0.6) is 0 Å². The number of nitrogens with one attached hydrogen (secondary N) is 1. The third-order valence-electron chi connectivity index (χ3n) is 3.57. The number of likely N-dealkylation sites (N-methyl/N-ethyl adjacent to an activating group) is 2. The average molecular weight is 364 g/mol. The highest BCUT2D eigenvalue weighted by atomic mass is 35.5. The summed E-state index contributed by atoms with van der Waals surface area (Å²) >= 11 is 5.89. The van der Waals surface area contributed by atoms with Crippen LogP contribution in [0.15, 0.2) is 40.8 Å². The van der Waals surface area contributed by atoms with E-state index in [4.69, 9.17) is 16.0 Å². The van der Waals surface area contributed by atoms with Crippen LogP contribution in [-0.2, 0) is 16.1 Å². The molecular weight excluding hydrogens is 342 g/mol. The highest BCUT2D eigenvalue weighted by Crippen LogP contribution is 2.24. The molecule has 1 N–H and O–H groups in total. The molecule has 7 heteroatoms. The van der Waals surface area contributed by atoms with Crippen molar-refractivity contribution >= 4 is 23.4 Å². The van der Waals surface area contributed by atoms with Crippen LogP contribution in [0, 0.1) is 0 Å². The van der Waals surface area contributed by atoms with Gasteiger partial charge >= 0.3 is 0 Å². The van der Waals surface area contributed by atoms with E-state index in [9.17, 15) is 9.59 Å². The van der Waals surface area contributed by atoms with Gasteiger partial charge in [0.2, 0.25) is 11.8 Å². The number of benzene rings is 1. The number of nitrogens with zero attached hydrogens (tertiary/aromatic N) is 2. The van der Waals surface area contributed by atoms with Gasteiger partial charge in [-0.05, 0) is 43.4 Å². The second kappa shape index (κ2) is 8.69. The Morgan fingerprint density at radius 1 is 1.08 bits per heavy atom. The molecule has 1 heterocycles. The Kier molecular flexibility index (Phi) is 6.61. The van der Waals surface area contributed by atoms with E-state index in [0.29, 0.717) is 11.6 Å². The van der Waals surface area contributed by atoms with Crippen molar-refractivity contribution in [2.24, 2.45) is 0 Å². The summed E-state index contributed by atoms with van der Waals surface area (Å²) in [5.74, 6) is 1.16. The van der Waals surface area contributed by atoms with Crippen molar-refractivity contribution in [2.75, 3.05) is 34.2 Å². The summed E-state index contributed by atoms with van der Waals surface area (Å²) in [5.41, 5.74) is 0.943. The SMILES string of the molecule is CN(CC(=O)NCC(=O)N(C)C)Cc1ccc(-c2ccc(Cl)cc2)o1. The van der Waals surface area contributed by atoms with Crippen LogP contribution >= 0.6 is 11.6 Å². The first kappa shape index (κ1) is 19.0. The van der Waals surface area contributed by atoms with Crippen molar-refractivity contribution in [2.45, 2.75) is 6.54 Å². The summed E-state index contributed by atoms with van der Waals surface area (Å²) in [6, 6.07) is 11.2. The summed E-state index contributed by atoms with van der Waals surface area (Å²) < 4.78 is 5.81. The predicted molar refractivity (Wildman–Crippen MR) is 97.2 cm³/mol. The molecule has 6 nitrogen and oxygen atoms in total. The first-order chi connectivity index (χ1) is 11.8. The predicted octanol–water partition coefficient (Wildman–Crippen LogP) is 2.24. The molecule has 0 unspecified atom stereocenters. The Labute approximate surface area is 152 Å². The number of carbonyl (C=O) groups is 2. The average Bonchev–Trinajstić information content (AvgIpc) is 3.01. The molecule has 2 aromatic rings. The minimum atomic E-state index is -0.206. The van der Waals surface area contributed by atoms with Crippen LogP contribution in [-0.4, -0.2) is 55.8 Å². The van der Waals surface area contributed by atoms with Crippen molar-refractivity contribution in [3.63, 3.8) is 0 Å². The lowest BCUT2D eigenvalue weighted by Gasteiger charge is -2.15. The van der Waals surface area contributed by atoms with Crippen LogP contribution < -0.4 is 5.32 Å². The Balaban J connectivity index is 1.84. The van der Waals surface area contributed by atoms with Crippen LogP contribution in [0.2, 0.25) is 5.02 Å². The molecule has 0 saturated heterocycles. The van der Waals surface area contributed by atoms with Gasteiger partial charge in [-0.2, -0.15) is 0 Å². The molecule has 134 valence electrons. The van der Waals surface area contributed by atoms with Crippen molar-refractivity contribution in [3.8, 4) is 11.3 Å². The fraction of sp³-hybridized carbons (Fsp3) is 0.333. The van der Waals surface area contributed by atoms with Crippen LogP contribution in [0.4, 0.5) is 0 Å². The lowest BCUT2D eigenvalue weighted by atomic mass is 10.2. The number of furan rings is 1. The molecule has 0 aliphatic carbocycles. The quantitative estimate of drug-likeness (QED) is 0.819. The summed E-state index contributed by atoms with van der Waals surface area (Å²) in [7, 11) is 5.11. The molecule has 1 aromatic carbocycles. The van der Waals surface area contributed by atoms with E-state index >= 15 is 0 Å². The van der Waals surface area contributed by atoms with Crippen molar-refractivity contribution in [1.29, 1.82) is 0 Å². The molecule has 0 aliphatic heterocycles. The topological polar surface area (TPSA) is 65.8 Å². The monoisotopic (exact) mass is 363 g/mol. The van der Waals surface area contributed by atoms with E-state index in [1.165, 1.54) is 4.90 Å². The maximum atomic E-state index is 11.9. The van der Waals surface area contributed by atoms with Crippen LogP contribution in [0.3, 0.4) is 0 Å². The van der Waals surface area contributed by atoms with Crippen molar-refractivity contribution < 1.29 is 14.0 Å². The van der Waals surface area contributed by atoms with Gasteiger partial charge in [0.05, 0.1) is 19.6 Å². The number of amides is 2. The Bertz CT molecular complexity index is 725. The van der Waals surface area contributed by atoms with Gasteiger partial charge < -0.3 is 14.6 Å². The molecule has 0 bridgehead atoms. The highest BCUT2D eigenvalue weighted by Gasteiger charge is 2.12. The zero-order valence-electron chi connectivity index (χ0n) is 14.6. The normalized spacial score (nSPS) is 10.8. The first-order valence-electron chi connectivity index (χ1n) is 7.85. The summed E-state index contributed by atoms with van der Waals surface area (Å²) in [4.78, 5) is 26.6. The molecule has 0 spiro atoms. The maximum absolute atomic E-state index is 11.9. The fourth-order valence-corrected chi connectivity index (χ4v) is 2.31. The second-order valence-electron chi connectivity index (χ2n) is 6.01. The molecule has 0 aliphatic rings. The van der Waals surface area contributed by atoms with E-state index in [2.05, 4.69) is 5.32 Å². The molecule has 0 saturated carbocycles. The minimum Gasteiger partial charge on any atom is -0.460 e. The lowest BCUT2D eigenvalue weighted by molar-refractivity contribution is -0.131. The van der Waals surface area contributed by atoms with Gasteiger partial charge in [0.1, 0.15) is 11.5 Å². The van der Waals surface area contributed by atoms with Gasteiger partial charge in [0.15, 0.2) is 0 Å². The third kappa shape index (κ3) is 5.92. The Hall–Kier alpha value is -2.31. The number of hydrogen-bond acceptors (Lipinski definition) is 4. The maximum Gasteiger partial charge on any atom is 0.241 e. The largest absolute Gasteiger partial charge is 0.460 e.